The molecule has 384 valence electrons. The average Bonchev–Trinajstić information content (AvgIpc) is 3.31. The first-order valence-corrected chi connectivity index (χ1v) is 29.1. The summed E-state index contributed by atoms with van der Waals surface area (Å²) >= 11 is 0. The zero-order valence-corrected chi connectivity index (χ0v) is 43.7. The van der Waals surface area contributed by atoms with E-state index in [2.05, 4.69) is 43.5 Å². The molecule has 0 aliphatic heterocycles. The predicted molar refractivity (Wildman–Crippen MR) is 283 cm³/mol. The molecule has 0 aromatic heterocycles. The molecule has 0 saturated carbocycles. The first-order valence-electron chi connectivity index (χ1n) is 29.1. The zero-order chi connectivity index (χ0) is 47.2. The van der Waals surface area contributed by atoms with E-state index in [0.29, 0.717) is 25.9 Å². The van der Waals surface area contributed by atoms with Crippen LogP contribution in [-0.4, -0.2) is 47.4 Å². The molecule has 0 aliphatic carbocycles. The number of amides is 1. The largest absolute Gasteiger partial charge is 0.466 e. The lowest BCUT2D eigenvalue weighted by Crippen LogP contribution is -2.45. The summed E-state index contributed by atoms with van der Waals surface area (Å²) in [5, 5.41) is 23.3. The third kappa shape index (κ3) is 51.6. The number of nitrogens with one attached hydrogen (secondary N) is 1. The molecule has 0 radical (unpaired) electrons. The highest BCUT2D eigenvalue weighted by Gasteiger charge is 2.20. The number of hydrogen-bond acceptors (Lipinski definition) is 5. The summed E-state index contributed by atoms with van der Waals surface area (Å²) in [6, 6.07) is -0.549. The third-order valence-electron chi connectivity index (χ3n) is 13.5. The molecule has 0 aromatic rings. The number of rotatable bonds is 54. The minimum atomic E-state index is -0.671. The van der Waals surface area contributed by atoms with E-state index in [9.17, 15) is 19.8 Å². The molecule has 6 nitrogen and oxygen atoms in total. The third-order valence-corrected chi connectivity index (χ3v) is 13.5. The van der Waals surface area contributed by atoms with Crippen molar-refractivity contribution in [2.75, 3.05) is 13.2 Å². The number of ether oxygens (including phenoxy) is 1. The van der Waals surface area contributed by atoms with E-state index in [1.165, 1.54) is 212 Å². The van der Waals surface area contributed by atoms with Gasteiger partial charge in [-0.3, -0.25) is 9.59 Å². The van der Waals surface area contributed by atoms with E-state index >= 15 is 0 Å². The number of carbonyl (C=O) groups excluding carboxylic acids is 2. The SMILES string of the molecule is CCCCCCCCCCCCCCCCCCCCC(O)C(CO)NC(=O)CCCCCCCCCCCC/C=C\C=C/CCCCCOC(=O)CCCCCCCCCCCCC. The fraction of sp³-hybridized carbons (Fsp3) is 0.898. The normalized spacial score (nSPS) is 12.7. The fourth-order valence-corrected chi connectivity index (χ4v) is 9.04. The van der Waals surface area contributed by atoms with Crippen molar-refractivity contribution in [2.24, 2.45) is 0 Å². The van der Waals surface area contributed by atoms with Crippen LogP contribution in [0.4, 0.5) is 0 Å². The summed E-state index contributed by atoms with van der Waals surface area (Å²) in [5.74, 6) is -0.0559. The molecule has 0 bridgehead atoms. The van der Waals surface area contributed by atoms with Gasteiger partial charge in [-0.1, -0.05) is 269 Å². The van der Waals surface area contributed by atoms with E-state index < -0.39 is 12.1 Å². The average molecular weight is 917 g/mol. The molecule has 65 heavy (non-hydrogen) atoms. The molecule has 0 aliphatic rings. The van der Waals surface area contributed by atoms with Crippen molar-refractivity contribution in [3.8, 4) is 0 Å². The van der Waals surface area contributed by atoms with Crippen LogP contribution in [0.1, 0.15) is 316 Å². The van der Waals surface area contributed by atoms with Gasteiger partial charge in [-0.15, -0.1) is 0 Å². The molecule has 2 unspecified atom stereocenters. The molecule has 2 atom stereocenters. The van der Waals surface area contributed by atoms with Crippen LogP contribution in [0.5, 0.6) is 0 Å². The second-order valence-corrected chi connectivity index (χ2v) is 20.0. The predicted octanol–water partition coefficient (Wildman–Crippen LogP) is 17.9. The van der Waals surface area contributed by atoms with Gasteiger partial charge in [0.1, 0.15) is 0 Å². The number of allylic oxidation sites excluding steroid dienone is 4. The standard InChI is InChI=1S/C59H113NO5/c1-3-5-7-9-11-13-15-16-17-18-22-25-28-32-35-39-43-47-51-57(62)56(55-61)60-58(63)52-48-44-40-36-33-29-26-23-20-19-21-24-27-30-34-38-42-46-50-54-65-59(64)53-49-45-41-37-31-14-12-10-8-6-4-2/h24,27,30,34,56-57,61-62H,3-23,25-26,28-29,31-33,35-55H2,1-2H3,(H,60,63)/b27-24-,34-30-. The monoisotopic (exact) mass is 916 g/mol. The highest BCUT2D eigenvalue weighted by atomic mass is 16.5. The fourth-order valence-electron chi connectivity index (χ4n) is 9.04. The number of unbranched alkanes of at least 4 members (excludes halogenated alkanes) is 40. The second-order valence-electron chi connectivity index (χ2n) is 20.0. The molecule has 0 rings (SSSR count). The van der Waals surface area contributed by atoms with Crippen molar-refractivity contribution in [1.82, 2.24) is 5.32 Å². The van der Waals surface area contributed by atoms with Crippen LogP contribution in [0.15, 0.2) is 24.3 Å². The maximum Gasteiger partial charge on any atom is 0.305 e. The number of aliphatic hydroxyl groups is 2. The van der Waals surface area contributed by atoms with E-state index in [0.717, 1.165) is 70.6 Å². The number of aliphatic hydroxyl groups excluding tert-OH is 2. The summed E-state index contributed by atoms with van der Waals surface area (Å²) < 4.78 is 5.43. The Bertz CT molecular complexity index is 1010. The Labute approximate surface area is 405 Å². The summed E-state index contributed by atoms with van der Waals surface area (Å²) in [6.45, 7) is 4.92. The Morgan fingerprint density at radius 1 is 0.431 bits per heavy atom. The van der Waals surface area contributed by atoms with Crippen molar-refractivity contribution >= 4 is 11.9 Å². The Balaban J connectivity index is 3.48. The molecule has 3 N–H and O–H groups in total. The molecular formula is C59H113NO5. The minimum absolute atomic E-state index is 0.0134. The zero-order valence-electron chi connectivity index (χ0n) is 43.7. The van der Waals surface area contributed by atoms with Gasteiger partial charge in [0, 0.05) is 12.8 Å². The number of carbonyl (C=O) groups is 2. The van der Waals surface area contributed by atoms with E-state index in [1.54, 1.807) is 0 Å². The van der Waals surface area contributed by atoms with Gasteiger partial charge in [0.25, 0.3) is 0 Å². The van der Waals surface area contributed by atoms with E-state index in [-0.39, 0.29) is 18.5 Å². The quantitative estimate of drug-likeness (QED) is 0.0321. The van der Waals surface area contributed by atoms with Gasteiger partial charge >= 0.3 is 5.97 Å². The van der Waals surface area contributed by atoms with Crippen molar-refractivity contribution in [3.05, 3.63) is 24.3 Å². The van der Waals surface area contributed by atoms with Crippen LogP contribution in [0.2, 0.25) is 0 Å². The Hall–Kier alpha value is -1.66. The van der Waals surface area contributed by atoms with Gasteiger partial charge in [-0.05, 0) is 57.8 Å². The Kier molecular flexibility index (Phi) is 53.5. The van der Waals surface area contributed by atoms with Crippen molar-refractivity contribution in [2.45, 2.75) is 328 Å². The smallest absolute Gasteiger partial charge is 0.305 e. The van der Waals surface area contributed by atoms with Gasteiger partial charge in [0.15, 0.2) is 0 Å². The van der Waals surface area contributed by atoms with Crippen LogP contribution in [0.3, 0.4) is 0 Å². The molecule has 1 amide bonds. The minimum Gasteiger partial charge on any atom is -0.466 e. The van der Waals surface area contributed by atoms with Gasteiger partial charge < -0.3 is 20.3 Å². The lowest BCUT2D eigenvalue weighted by atomic mass is 10.0. The Morgan fingerprint density at radius 2 is 0.754 bits per heavy atom. The van der Waals surface area contributed by atoms with E-state index in [4.69, 9.17) is 4.74 Å². The summed E-state index contributed by atoms with van der Waals surface area (Å²) in [7, 11) is 0. The molecule has 0 saturated heterocycles. The van der Waals surface area contributed by atoms with Gasteiger partial charge in [0.2, 0.25) is 5.91 Å². The van der Waals surface area contributed by atoms with Gasteiger partial charge in [-0.25, -0.2) is 0 Å². The topological polar surface area (TPSA) is 95.9 Å². The summed E-state index contributed by atoms with van der Waals surface area (Å²) in [5.41, 5.74) is 0. The van der Waals surface area contributed by atoms with Crippen molar-refractivity contribution < 1.29 is 24.5 Å². The highest BCUT2D eigenvalue weighted by molar-refractivity contribution is 5.76. The Morgan fingerprint density at radius 3 is 1.14 bits per heavy atom. The number of hydrogen-bond donors (Lipinski definition) is 3. The molecule has 0 fully saturated rings. The van der Waals surface area contributed by atoms with Crippen molar-refractivity contribution in [1.29, 1.82) is 0 Å². The maximum absolute atomic E-state index is 12.5. The maximum atomic E-state index is 12.5. The van der Waals surface area contributed by atoms with Crippen LogP contribution in [-0.2, 0) is 14.3 Å². The summed E-state index contributed by atoms with van der Waals surface area (Å²) in [4.78, 5) is 24.5. The second kappa shape index (κ2) is 54.9. The van der Waals surface area contributed by atoms with Gasteiger partial charge in [0.05, 0.1) is 25.4 Å². The van der Waals surface area contributed by atoms with Crippen LogP contribution < -0.4 is 5.32 Å². The van der Waals surface area contributed by atoms with Crippen LogP contribution in [0.25, 0.3) is 0 Å². The summed E-state index contributed by atoms with van der Waals surface area (Å²) in [6.07, 6.45) is 66.0. The molecular weight excluding hydrogens is 803 g/mol. The highest BCUT2D eigenvalue weighted by Crippen LogP contribution is 2.17. The molecule has 0 heterocycles. The van der Waals surface area contributed by atoms with Crippen LogP contribution in [0, 0.1) is 0 Å². The van der Waals surface area contributed by atoms with Gasteiger partial charge in [-0.2, -0.15) is 0 Å². The lowest BCUT2D eigenvalue weighted by molar-refractivity contribution is -0.143. The van der Waals surface area contributed by atoms with E-state index in [1.807, 2.05) is 0 Å². The van der Waals surface area contributed by atoms with Crippen molar-refractivity contribution in [3.63, 3.8) is 0 Å². The first kappa shape index (κ1) is 63.3. The molecule has 6 heteroatoms. The first-order chi connectivity index (χ1) is 32.0. The lowest BCUT2D eigenvalue weighted by Gasteiger charge is -2.22. The number of esters is 1. The molecule has 0 spiro atoms. The van der Waals surface area contributed by atoms with Crippen LogP contribution >= 0.6 is 0 Å². The molecule has 0 aromatic carbocycles.